The molecule has 1 fully saturated rings. The van der Waals surface area contributed by atoms with Gasteiger partial charge in [-0.25, -0.2) is 17.1 Å². The van der Waals surface area contributed by atoms with Crippen LogP contribution < -0.4 is 5.32 Å². The van der Waals surface area contributed by atoms with E-state index in [0.29, 0.717) is 17.9 Å². The van der Waals surface area contributed by atoms with Crippen LogP contribution in [0.4, 0.5) is 4.39 Å². The quantitative estimate of drug-likeness (QED) is 0.873. The number of hydrogen-bond acceptors (Lipinski definition) is 3. The first kappa shape index (κ1) is 16.4. The van der Waals surface area contributed by atoms with Gasteiger partial charge in [0.2, 0.25) is 10.0 Å². The van der Waals surface area contributed by atoms with Gasteiger partial charge in [0.05, 0.1) is 5.75 Å². The maximum Gasteiger partial charge on any atom is 0.214 e. The van der Waals surface area contributed by atoms with Gasteiger partial charge in [0.15, 0.2) is 0 Å². The Labute approximate surface area is 126 Å². The zero-order chi connectivity index (χ0) is 15.3. The molecule has 1 aromatic carbocycles. The Kier molecular flexibility index (Phi) is 5.72. The molecule has 0 spiro atoms. The maximum absolute atomic E-state index is 13.1. The highest BCUT2D eigenvalue weighted by Crippen LogP contribution is 2.18. The van der Waals surface area contributed by atoms with Gasteiger partial charge in [-0.05, 0) is 56.0 Å². The van der Waals surface area contributed by atoms with Gasteiger partial charge in [0, 0.05) is 13.6 Å². The second kappa shape index (κ2) is 7.33. The second-order valence-corrected chi connectivity index (χ2v) is 7.88. The van der Waals surface area contributed by atoms with Crippen LogP contribution in [0.3, 0.4) is 0 Å². The minimum absolute atomic E-state index is 0.170. The number of hydrogen-bond donors (Lipinski definition) is 1. The van der Waals surface area contributed by atoms with Crippen molar-refractivity contribution >= 4 is 10.0 Å². The molecule has 0 aliphatic carbocycles. The molecule has 1 saturated heterocycles. The predicted molar refractivity (Wildman–Crippen MR) is 81.9 cm³/mol. The van der Waals surface area contributed by atoms with Crippen molar-refractivity contribution < 1.29 is 12.8 Å². The summed E-state index contributed by atoms with van der Waals surface area (Å²) in [6.07, 6.45) is 2.80. The topological polar surface area (TPSA) is 49.4 Å². The van der Waals surface area contributed by atoms with Gasteiger partial charge in [-0.1, -0.05) is 12.1 Å². The highest BCUT2D eigenvalue weighted by Gasteiger charge is 2.21. The van der Waals surface area contributed by atoms with Crippen LogP contribution >= 0.6 is 0 Å². The van der Waals surface area contributed by atoms with Gasteiger partial charge >= 0.3 is 0 Å². The summed E-state index contributed by atoms with van der Waals surface area (Å²) < 4.78 is 39.0. The molecule has 0 unspecified atom stereocenters. The molecule has 21 heavy (non-hydrogen) atoms. The zero-order valence-electron chi connectivity index (χ0n) is 12.4. The van der Waals surface area contributed by atoms with E-state index in [1.807, 2.05) is 0 Å². The van der Waals surface area contributed by atoms with Crippen molar-refractivity contribution in [3.63, 3.8) is 0 Å². The first-order valence-electron chi connectivity index (χ1n) is 7.36. The van der Waals surface area contributed by atoms with E-state index in [1.54, 1.807) is 19.2 Å². The fraction of sp³-hybridized carbons (Fsp3) is 0.600. The smallest absolute Gasteiger partial charge is 0.214 e. The molecule has 6 heteroatoms. The molecule has 1 aliphatic heterocycles. The van der Waals surface area contributed by atoms with Gasteiger partial charge in [-0.2, -0.15) is 0 Å². The van der Waals surface area contributed by atoms with E-state index in [-0.39, 0.29) is 18.1 Å². The number of halogens is 1. The summed E-state index contributed by atoms with van der Waals surface area (Å²) in [6, 6.07) is 6.07. The van der Waals surface area contributed by atoms with Crippen LogP contribution in [0.2, 0.25) is 0 Å². The Morgan fingerprint density at radius 2 is 2.05 bits per heavy atom. The standard InChI is InChI=1S/C15H23FN2O2S/c1-18(12-14-3-2-4-15(16)11-14)21(19,20)10-7-13-5-8-17-9-6-13/h2-4,11,13,17H,5-10,12H2,1H3. The van der Waals surface area contributed by atoms with Crippen LogP contribution in [0.15, 0.2) is 24.3 Å². The molecule has 0 amide bonds. The number of sulfonamides is 1. The fourth-order valence-electron chi connectivity index (χ4n) is 2.63. The van der Waals surface area contributed by atoms with E-state index in [4.69, 9.17) is 0 Å². The Balaban J connectivity index is 1.88. The van der Waals surface area contributed by atoms with Crippen molar-refractivity contribution in [2.45, 2.75) is 25.8 Å². The molecule has 1 heterocycles. The van der Waals surface area contributed by atoms with Crippen molar-refractivity contribution in [2.75, 3.05) is 25.9 Å². The number of nitrogens with one attached hydrogen (secondary N) is 1. The van der Waals surface area contributed by atoms with Crippen LogP contribution in [0, 0.1) is 11.7 Å². The van der Waals surface area contributed by atoms with Gasteiger partial charge in [-0.15, -0.1) is 0 Å². The number of piperidine rings is 1. The third-order valence-electron chi connectivity index (χ3n) is 4.01. The minimum atomic E-state index is -3.28. The molecule has 4 nitrogen and oxygen atoms in total. The molecule has 0 radical (unpaired) electrons. The third kappa shape index (κ3) is 5.05. The van der Waals surface area contributed by atoms with E-state index < -0.39 is 10.0 Å². The molecule has 0 aromatic heterocycles. The zero-order valence-corrected chi connectivity index (χ0v) is 13.2. The van der Waals surface area contributed by atoms with Crippen LogP contribution in [-0.2, 0) is 16.6 Å². The highest BCUT2D eigenvalue weighted by atomic mass is 32.2. The highest BCUT2D eigenvalue weighted by molar-refractivity contribution is 7.89. The molecule has 1 aliphatic rings. The van der Waals surface area contributed by atoms with Crippen molar-refractivity contribution in [3.05, 3.63) is 35.6 Å². The molecule has 0 bridgehead atoms. The molecule has 1 N–H and O–H groups in total. The lowest BCUT2D eigenvalue weighted by atomic mass is 9.96. The first-order chi connectivity index (χ1) is 9.97. The fourth-order valence-corrected chi connectivity index (χ4v) is 3.92. The van der Waals surface area contributed by atoms with E-state index in [9.17, 15) is 12.8 Å². The molecule has 0 atom stereocenters. The Bertz CT molecular complexity index is 557. The lowest BCUT2D eigenvalue weighted by Crippen LogP contribution is -2.32. The van der Waals surface area contributed by atoms with E-state index in [0.717, 1.165) is 25.9 Å². The molecular weight excluding hydrogens is 291 g/mol. The second-order valence-electron chi connectivity index (χ2n) is 5.68. The SMILES string of the molecule is CN(Cc1cccc(F)c1)S(=O)(=O)CCC1CCNCC1. The average molecular weight is 314 g/mol. The van der Waals surface area contributed by atoms with E-state index >= 15 is 0 Å². The minimum Gasteiger partial charge on any atom is -0.317 e. The van der Waals surface area contributed by atoms with Crippen LogP contribution in [-0.4, -0.2) is 38.6 Å². The lowest BCUT2D eigenvalue weighted by Gasteiger charge is -2.24. The van der Waals surface area contributed by atoms with Gasteiger partial charge in [0.1, 0.15) is 5.82 Å². The van der Waals surface area contributed by atoms with Crippen molar-refractivity contribution in [3.8, 4) is 0 Å². The Hall–Kier alpha value is -0.980. The number of rotatable bonds is 6. The molecule has 0 saturated carbocycles. The largest absolute Gasteiger partial charge is 0.317 e. The molecule has 118 valence electrons. The summed E-state index contributed by atoms with van der Waals surface area (Å²) in [5.74, 6) is 0.320. The summed E-state index contributed by atoms with van der Waals surface area (Å²) in [4.78, 5) is 0. The van der Waals surface area contributed by atoms with Crippen LogP contribution in [0.25, 0.3) is 0 Å². The monoisotopic (exact) mass is 314 g/mol. The van der Waals surface area contributed by atoms with Gasteiger partial charge in [0.25, 0.3) is 0 Å². The lowest BCUT2D eigenvalue weighted by molar-refractivity contribution is 0.362. The summed E-state index contributed by atoms with van der Waals surface area (Å²) in [5, 5.41) is 3.28. The predicted octanol–water partition coefficient (Wildman–Crippen LogP) is 1.98. The molecular formula is C15H23FN2O2S. The first-order valence-corrected chi connectivity index (χ1v) is 8.97. The van der Waals surface area contributed by atoms with Crippen molar-refractivity contribution in [1.29, 1.82) is 0 Å². The molecule has 2 rings (SSSR count). The number of nitrogens with zero attached hydrogens (tertiary/aromatic N) is 1. The van der Waals surface area contributed by atoms with Crippen molar-refractivity contribution in [2.24, 2.45) is 5.92 Å². The van der Waals surface area contributed by atoms with Gasteiger partial charge in [-0.3, -0.25) is 0 Å². The summed E-state index contributed by atoms with van der Waals surface area (Å²) >= 11 is 0. The third-order valence-corrected chi connectivity index (χ3v) is 5.84. The van der Waals surface area contributed by atoms with Crippen LogP contribution in [0.1, 0.15) is 24.8 Å². The Morgan fingerprint density at radius 1 is 1.33 bits per heavy atom. The maximum atomic E-state index is 13.1. The van der Waals surface area contributed by atoms with Crippen molar-refractivity contribution in [1.82, 2.24) is 9.62 Å². The van der Waals surface area contributed by atoms with Gasteiger partial charge < -0.3 is 5.32 Å². The Morgan fingerprint density at radius 3 is 2.71 bits per heavy atom. The van der Waals surface area contributed by atoms with E-state index in [2.05, 4.69) is 5.32 Å². The molecule has 1 aromatic rings. The van der Waals surface area contributed by atoms with Crippen LogP contribution in [0.5, 0.6) is 0 Å². The number of benzene rings is 1. The normalized spacial score (nSPS) is 17.3. The van der Waals surface area contributed by atoms with E-state index in [1.165, 1.54) is 16.4 Å². The average Bonchev–Trinajstić information content (AvgIpc) is 2.46. The summed E-state index contributed by atoms with van der Waals surface area (Å²) in [6.45, 7) is 2.17. The summed E-state index contributed by atoms with van der Waals surface area (Å²) in [7, 11) is -1.72. The summed E-state index contributed by atoms with van der Waals surface area (Å²) in [5.41, 5.74) is 0.669.